The van der Waals surface area contributed by atoms with E-state index in [9.17, 15) is 8.42 Å². The molecule has 0 spiro atoms. The Kier molecular flexibility index (Phi) is 5.73. The van der Waals surface area contributed by atoms with Gasteiger partial charge < -0.3 is 0 Å². The van der Waals surface area contributed by atoms with E-state index >= 15 is 0 Å². The summed E-state index contributed by atoms with van der Waals surface area (Å²) in [6, 6.07) is 19.6. The van der Waals surface area contributed by atoms with Crippen LogP contribution in [0.5, 0.6) is 0 Å². The Bertz CT molecular complexity index is 1270. The van der Waals surface area contributed by atoms with Gasteiger partial charge in [-0.15, -0.1) is 0 Å². The number of hydrazone groups is 1. The summed E-state index contributed by atoms with van der Waals surface area (Å²) < 4.78 is 27.4. The van der Waals surface area contributed by atoms with Gasteiger partial charge in [0, 0.05) is 34.2 Å². The monoisotopic (exact) mass is 481 g/mol. The standard InChI is InChI=1S/C21H16BrN5O2S/c22-18-8-10-20(11-9-18)30(28,29)26-24-14-17-15-27(19-6-2-1-3-7-19)25-21(17)16-5-4-12-23-13-16/h1-15,26H. The molecular formula is C21H16BrN5O2S. The van der Waals surface area contributed by atoms with Gasteiger partial charge in [0.25, 0.3) is 10.0 Å². The van der Waals surface area contributed by atoms with Crippen molar-refractivity contribution in [1.82, 2.24) is 19.6 Å². The van der Waals surface area contributed by atoms with Gasteiger partial charge in [-0.1, -0.05) is 34.1 Å². The topological polar surface area (TPSA) is 89.2 Å². The Hall–Kier alpha value is -3.30. The lowest BCUT2D eigenvalue weighted by Crippen LogP contribution is -2.18. The van der Waals surface area contributed by atoms with Crippen molar-refractivity contribution in [3.63, 3.8) is 0 Å². The predicted octanol–water partition coefficient (Wildman–Crippen LogP) is 4.01. The number of nitrogens with one attached hydrogen (secondary N) is 1. The highest BCUT2D eigenvalue weighted by atomic mass is 79.9. The molecule has 0 atom stereocenters. The van der Waals surface area contributed by atoms with Crippen LogP contribution in [-0.2, 0) is 10.0 Å². The van der Waals surface area contributed by atoms with Gasteiger partial charge >= 0.3 is 0 Å². The Morgan fingerprint density at radius 1 is 1.00 bits per heavy atom. The molecule has 0 aliphatic carbocycles. The van der Waals surface area contributed by atoms with Crippen LogP contribution in [0.1, 0.15) is 5.56 Å². The van der Waals surface area contributed by atoms with Gasteiger partial charge in [-0.2, -0.15) is 18.6 Å². The van der Waals surface area contributed by atoms with Crippen LogP contribution in [0.15, 0.2) is 99.8 Å². The number of halogens is 1. The summed E-state index contributed by atoms with van der Waals surface area (Å²) in [5, 5.41) is 8.59. The van der Waals surface area contributed by atoms with E-state index in [2.05, 4.69) is 35.9 Å². The first-order valence-electron chi connectivity index (χ1n) is 8.89. The third-order valence-corrected chi connectivity index (χ3v) is 5.97. The molecule has 0 saturated heterocycles. The number of sulfonamides is 1. The van der Waals surface area contributed by atoms with Gasteiger partial charge in [0.2, 0.25) is 0 Å². The minimum atomic E-state index is -3.78. The fourth-order valence-corrected chi connectivity index (χ4v) is 3.81. The van der Waals surface area contributed by atoms with Gasteiger partial charge in [-0.25, -0.2) is 9.51 Å². The number of hydrogen-bond acceptors (Lipinski definition) is 5. The average Bonchev–Trinajstić information content (AvgIpc) is 3.19. The van der Waals surface area contributed by atoms with Crippen LogP contribution in [-0.4, -0.2) is 29.4 Å². The van der Waals surface area contributed by atoms with Crippen LogP contribution in [0.2, 0.25) is 0 Å². The third-order valence-electron chi connectivity index (χ3n) is 4.20. The molecule has 150 valence electrons. The fraction of sp³-hybridized carbons (Fsp3) is 0. The molecule has 0 bridgehead atoms. The molecule has 1 N–H and O–H groups in total. The van der Waals surface area contributed by atoms with E-state index < -0.39 is 10.0 Å². The molecule has 30 heavy (non-hydrogen) atoms. The van der Waals surface area contributed by atoms with Crippen molar-refractivity contribution in [3.8, 4) is 16.9 Å². The van der Waals surface area contributed by atoms with E-state index in [1.807, 2.05) is 42.5 Å². The number of aromatic nitrogens is 3. The second-order valence-corrected chi connectivity index (χ2v) is 8.84. The first kappa shape index (κ1) is 20.0. The molecule has 0 saturated carbocycles. The molecule has 4 aromatic rings. The number of rotatable bonds is 6. The Morgan fingerprint density at radius 2 is 1.77 bits per heavy atom. The van der Waals surface area contributed by atoms with Crippen LogP contribution < -0.4 is 4.83 Å². The number of para-hydroxylation sites is 1. The van der Waals surface area contributed by atoms with E-state index in [4.69, 9.17) is 0 Å². The lowest BCUT2D eigenvalue weighted by atomic mass is 10.1. The molecule has 4 rings (SSSR count). The van der Waals surface area contributed by atoms with Gasteiger partial charge in [0.1, 0.15) is 5.69 Å². The van der Waals surface area contributed by atoms with Crippen molar-refractivity contribution >= 4 is 32.2 Å². The summed E-state index contributed by atoms with van der Waals surface area (Å²) >= 11 is 3.29. The molecule has 0 aliphatic rings. The Labute approximate surface area is 182 Å². The zero-order chi connectivity index (χ0) is 21.0. The smallest absolute Gasteiger partial charge is 0.264 e. The quantitative estimate of drug-likeness (QED) is 0.332. The van der Waals surface area contributed by atoms with Crippen LogP contribution in [0, 0.1) is 0 Å². The lowest BCUT2D eigenvalue weighted by molar-refractivity contribution is 0.584. The molecule has 9 heteroatoms. The van der Waals surface area contributed by atoms with Crippen molar-refractivity contribution in [1.29, 1.82) is 0 Å². The highest BCUT2D eigenvalue weighted by Gasteiger charge is 2.14. The molecule has 2 aromatic heterocycles. The van der Waals surface area contributed by atoms with E-state index in [0.717, 1.165) is 15.7 Å². The number of benzene rings is 2. The second kappa shape index (κ2) is 8.60. The summed E-state index contributed by atoms with van der Waals surface area (Å²) in [6.45, 7) is 0. The fourth-order valence-electron chi connectivity index (χ4n) is 2.75. The first-order chi connectivity index (χ1) is 14.5. The zero-order valence-electron chi connectivity index (χ0n) is 15.6. The Balaban J connectivity index is 1.66. The summed E-state index contributed by atoms with van der Waals surface area (Å²) in [6.07, 6.45) is 6.60. The second-order valence-electron chi connectivity index (χ2n) is 6.26. The van der Waals surface area contributed by atoms with Crippen LogP contribution >= 0.6 is 15.9 Å². The molecule has 0 unspecified atom stereocenters. The van der Waals surface area contributed by atoms with Crippen molar-refractivity contribution in [2.45, 2.75) is 4.90 Å². The molecule has 2 aromatic carbocycles. The van der Waals surface area contributed by atoms with Crippen molar-refractivity contribution < 1.29 is 8.42 Å². The summed E-state index contributed by atoms with van der Waals surface area (Å²) in [5.41, 5.74) is 2.95. The molecular weight excluding hydrogens is 466 g/mol. The molecule has 0 radical (unpaired) electrons. The van der Waals surface area contributed by atoms with E-state index in [-0.39, 0.29) is 4.90 Å². The SMILES string of the molecule is O=S(=O)(NN=Cc1cn(-c2ccccc2)nc1-c1cccnc1)c1ccc(Br)cc1. The first-order valence-corrected chi connectivity index (χ1v) is 11.2. The normalized spacial score (nSPS) is 11.6. The van der Waals surface area contributed by atoms with E-state index in [1.165, 1.54) is 18.3 Å². The molecule has 0 aliphatic heterocycles. The maximum absolute atomic E-state index is 12.4. The van der Waals surface area contributed by atoms with E-state index in [1.54, 1.807) is 35.4 Å². The lowest BCUT2D eigenvalue weighted by Gasteiger charge is -2.03. The number of nitrogens with zero attached hydrogens (tertiary/aromatic N) is 4. The van der Waals surface area contributed by atoms with Crippen LogP contribution in [0.25, 0.3) is 16.9 Å². The van der Waals surface area contributed by atoms with Crippen molar-refractivity contribution in [2.75, 3.05) is 0 Å². The van der Waals surface area contributed by atoms with Crippen molar-refractivity contribution in [3.05, 3.63) is 95.4 Å². The number of hydrogen-bond donors (Lipinski definition) is 1. The largest absolute Gasteiger partial charge is 0.276 e. The van der Waals surface area contributed by atoms with Gasteiger partial charge in [0.15, 0.2) is 0 Å². The predicted molar refractivity (Wildman–Crippen MR) is 119 cm³/mol. The van der Waals surface area contributed by atoms with Gasteiger partial charge in [0.05, 0.1) is 16.8 Å². The van der Waals surface area contributed by atoms with Crippen LogP contribution in [0.3, 0.4) is 0 Å². The third kappa shape index (κ3) is 4.47. The minimum Gasteiger partial charge on any atom is -0.264 e. The molecule has 0 fully saturated rings. The summed E-state index contributed by atoms with van der Waals surface area (Å²) in [4.78, 5) is 6.51. The minimum absolute atomic E-state index is 0.121. The highest BCUT2D eigenvalue weighted by molar-refractivity contribution is 9.10. The van der Waals surface area contributed by atoms with Crippen molar-refractivity contribution in [2.24, 2.45) is 5.10 Å². The summed E-state index contributed by atoms with van der Waals surface area (Å²) in [7, 11) is -3.78. The molecule has 0 amide bonds. The van der Waals surface area contributed by atoms with Gasteiger partial charge in [-0.3, -0.25) is 4.98 Å². The molecule has 2 heterocycles. The average molecular weight is 482 g/mol. The highest BCUT2D eigenvalue weighted by Crippen LogP contribution is 2.22. The molecule has 7 nitrogen and oxygen atoms in total. The number of pyridine rings is 1. The maximum Gasteiger partial charge on any atom is 0.276 e. The Morgan fingerprint density at radius 3 is 2.47 bits per heavy atom. The zero-order valence-corrected chi connectivity index (χ0v) is 18.0. The van der Waals surface area contributed by atoms with Gasteiger partial charge in [-0.05, 0) is 48.5 Å². The van der Waals surface area contributed by atoms with Crippen LogP contribution in [0.4, 0.5) is 0 Å². The summed E-state index contributed by atoms with van der Waals surface area (Å²) in [5.74, 6) is 0. The maximum atomic E-state index is 12.4. The van der Waals surface area contributed by atoms with E-state index in [0.29, 0.717) is 11.3 Å².